The number of aromatic nitrogens is 4. The summed E-state index contributed by atoms with van der Waals surface area (Å²) in [5.74, 6) is -3.01. The number of Topliss-reactive ketones (excluding diaryl/α,β-unsaturated/α-hetero) is 1. The number of carbonyl (C=O) groups excluding carboxylic acids is 5. The Hall–Kier alpha value is -7.25. The largest absolute Gasteiger partial charge is 0.508 e. The molecule has 68 heavy (non-hydrogen) atoms. The number of halogens is 3. The van der Waals surface area contributed by atoms with Crippen LogP contribution in [0.25, 0.3) is 28.0 Å². The van der Waals surface area contributed by atoms with Gasteiger partial charge in [0, 0.05) is 34.7 Å². The number of rotatable bonds is 10. The Morgan fingerprint density at radius 3 is 2.44 bits per heavy atom. The number of aromatic hydroxyl groups is 1. The number of anilines is 1. The third-order valence-corrected chi connectivity index (χ3v) is 13.4. The number of benzene rings is 2. The molecule has 5 N–H and O–H groups in total. The number of alkyl halides is 3. The molecular weight excluding hydrogens is 892 g/mol. The van der Waals surface area contributed by atoms with E-state index in [1.165, 1.54) is 24.3 Å². The first kappa shape index (κ1) is 45.9. The topological polar surface area (TPSA) is 236 Å². The van der Waals surface area contributed by atoms with Crippen molar-refractivity contribution in [2.75, 3.05) is 11.9 Å². The lowest BCUT2D eigenvalue weighted by atomic mass is 9.75. The molecule has 2 aliphatic heterocycles. The quantitative estimate of drug-likeness (QED) is 0.0848. The predicted octanol–water partition coefficient (Wildman–Crippen LogP) is 6.51. The van der Waals surface area contributed by atoms with Crippen LogP contribution in [-0.4, -0.2) is 72.9 Å². The number of nitrogens with one attached hydrogen (secondary N) is 2. The smallest absolute Gasteiger partial charge is 0.435 e. The van der Waals surface area contributed by atoms with E-state index in [1.54, 1.807) is 43.5 Å². The highest BCUT2D eigenvalue weighted by Crippen LogP contribution is 2.44. The summed E-state index contributed by atoms with van der Waals surface area (Å²) < 4.78 is 62.0. The minimum atomic E-state index is -4.88. The number of carbonyl (C=O) groups is 5. The van der Waals surface area contributed by atoms with Gasteiger partial charge in [0.15, 0.2) is 11.5 Å². The van der Waals surface area contributed by atoms with Crippen LogP contribution in [0.3, 0.4) is 0 Å². The molecule has 2 aromatic carbocycles. The average Bonchev–Trinajstić information content (AvgIpc) is 3.85. The molecule has 1 fully saturated rings. The van der Waals surface area contributed by atoms with Crippen LogP contribution in [0.2, 0.25) is 0 Å². The normalized spacial score (nSPS) is 20.4. The maximum absolute atomic E-state index is 14.1. The lowest BCUT2D eigenvalue weighted by Gasteiger charge is -2.35. The average molecular weight is 940 g/mol. The molecule has 5 heterocycles. The SMILES string of the molecule is CCc1c2c(nc3ccc(O)cc13)-c1cc3c(c(=O)n1C2)COC(=O)[C@@]3(CC)OC(=O)NCC(=O)O[C@H]1CC[C@H](Nc2cc(-n3nc(C(F)(F)F)c4c3CC(C)(C)CC4=O)ccc2C(N)=O)CC1. The van der Waals surface area contributed by atoms with Crippen LogP contribution in [-0.2, 0) is 61.6 Å². The first-order chi connectivity index (χ1) is 32.2. The number of cyclic esters (lactones) is 1. The van der Waals surface area contributed by atoms with E-state index in [9.17, 15) is 47.0 Å². The Labute approximate surface area is 386 Å². The standard InChI is InChI=1S/C48H48F3N7O10/c1-5-27-29-16-25(59)10-14-33(29)55-40-30(27)21-57-35(40)17-32-31(43(57)63)22-66-44(64)47(32,6-2)68-45(65)53-20-38(61)67-26-11-7-23(8-12-26)54-34-15-24(9-13-28(34)42(52)62)58-36-18-46(3,4)19-37(60)39(36)41(56-58)48(49,50)51/h9-10,13-17,23,26,54,59H,5-8,11-12,18-22H2,1-4H3,(H2,52,62)(H,53,65)/t23-,26-,47-/m0/s1. The van der Waals surface area contributed by atoms with Crippen molar-refractivity contribution >= 4 is 46.3 Å². The summed E-state index contributed by atoms with van der Waals surface area (Å²) >= 11 is 0. The number of pyridine rings is 2. The van der Waals surface area contributed by atoms with Crippen molar-refractivity contribution in [3.8, 4) is 22.8 Å². The van der Waals surface area contributed by atoms with Crippen LogP contribution in [0.15, 0.2) is 47.3 Å². The van der Waals surface area contributed by atoms with E-state index in [4.69, 9.17) is 24.9 Å². The summed E-state index contributed by atoms with van der Waals surface area (Å²) in [5, 5.41) is 20.5. The summed E-state index contributed by atoms with van der Waals surface area (Å²) in [7, 11) is 0. The van der Waals surface area contributed by atoms with Crippen molar-refractivity contribution in [2.45, 2.75) is 116 Å². The second kappa shape index (κ2) is 16.8. The number of hydrogen-bond acceptors (Lipinski definition) is 13. The van der Waals surface area contributed by atoms with Crippen LogP contribution >= 0.6 is 0 Å². The van der Waals surface area contributed by atoms with E-state index in [2.05, 4.69) is 15.7 Å². The van der Waals surface area contributed by atoms with E-state index >= 15 is 0 Å². The lowest BCUT2D eigenvalue weighted by molar-refractivity contribution is -0.172. The Bertz CT molecular complexity index is 3040. The van der Waals surface area contributed by atoms with Crippen LogP contribution in [0.4, 0.5) is 23.7 Å². The minimum Gasteiger partial charge on any atom is -0.508 e. The van der Waals surface area contributed by atoms with Gasteiger partial charge in [-0.05, 0) is 98.4 Å². The van der Waals surface area contributed by atoms with Gasteiger partial charge >= 0.3 is 24.2 Å². The number of nitrogens with zero attached hydrogens (tertiary/aromatic N) is 4. The summed E-state index contributed by atoms with van der Waals surface area (Å²) in [6.07, 6.45) is -4.36. The van der Waals surface area contributed by atoms with Crippen molar-refractivity contribution in [1.82, 2.24) is 24.6 Å². The van der Waals surface area contributed by atoms with E-state index < -0.39 is 76.4 Å². The zero-order chi connectivity index (χ0) is 48.6. The molecule has 4 aliphatic rings. The number of ether oxygens (including phenoxy) is 3. The van der Waals surface area contributed by atoms with Gasteiger partial charge in [-0.2, -0.15) is 18.3 Å². The summed E-state index contributed by atoms with van der Waals surface area (Å²) in [4.78, 5) is 84.4. The Kier molecular flexibility index (Phi) is 11.3. The van der Waals surface area contributed by atoms with Gasteiger partial charge < -0.3 is 40.3 Å². The number of phenols is 1. The molecule has 0 spiro atoms. The fourth-order valence-corrected chi connectivity index (χ4v) is 10.2. The van der Waals surface area contributed by atoms with Crippen LogP contribution in [0, 0.1) is 5.41 Å². The first-order valence-electron chi connectivity index (χ1n) is 22.4. The van der Waals surface area contributed by atoms with Crippen LogP contribution < -0.4 is 21.9 Å². The number of esters is 2. The van der Waals surface area contributed by atoms with Gasteiger partial charge in [0.1, 0.15) is 25.0 Å². The van der Waals surface area contributed by atoms with E-state index in [1.807, 2.05) is 6.92 Å². The maximum Gasteiger partial charge on any atom is 0.435 e. The molecule has 356 valence electrons. The number of alkyl carbamates (subject to hydrolysis) is 1. The molecular formula is C48H48F3N7O10. The summed E-state index contributed by atoms with van der Waals surface area (Å²) in [6.45, 7) is 6.40. The molecule has 1 atom stereocenters. The zero-order valence-corrected chi connectivity index (χ0v) is 37.6. The van der Waals surface area contributed by atoms with Crippen molar-refractivity contribution in [3.05, 3.63) is 97.6 Å². The monoisotopic (exact) mass is 939 g/mol. The molecule has 20 heteroatoms. The maximum atomic E-state index is 14.1. The number of hydrogen-bond donors (Lipinski definition) is 4. The van der Waals surface area contributed by atoms with Crippen molar-refractivity contribution in [2.24, 2.45) is 11.1 Å². The molecule has 0 saturated heterocycles. The third-order valence-electron chi connectivity index (χ3n) is 13.4. The van der Waals surface area contributed by atoms with Gasteiger partial charge in [0.2, 0.25) is 5.60 Å². The van der Waals surface area contributed by atoms with Crippen LogP contribution in [0.5, 0.6) is 5.75 Å². The van der Waals surface area contributed by atoms with Gasteiger partial charge in [-0.3, -0.25) is 19.2 Å². The molecule has 3 aromatic heterocycles. The van der Waals surface area contributed by atoms with Gasteiger partial charge in [0.05, 0.1) is 51.5 Å². The minimum absolute atomic E-state index is 0.0651. The van der Waals surface area contributed by atoms with E-state index in [0.29, 0.717) is 49.0 Å². The zero-order valence-electron chi connectivity index (χ0n) is 37.6. The molecule has 1 saturated carbocycles. The first-order valence-corrected chi connectivity index (χ1v) is 22.4. The highest BCUT2D eigenvalue weighted by molar-refractivity contribution is 6.01. The fourth-order valence-electron chi connectivity index (χ4n) is 10.2. The lowest BCUT2D eigenvalue weighted by Crippen LogP contribution is -2.49. The molecule has 0 bridgehead atoms. The molecule has 0 radical (unpaired) electrons. The summed E-state index contributed by atoms with van der Waals surface area (Å²) in [6, 6.07) is 10.5. The highest BCUT2D eigenvalue weighted by Gasteiger charge is 2.51. The molecule has 2 aliphatic carbocycles. The van der Waals surface area contributed by atoms with E-state index in [-0.39, 0.29) is 78.0 Å². The number of primary amides is 1. The van der Waals surface area contributed by atoms with Crippen molar-refractivity contribution in [1.29, 1.82) is 0 Å². The summed E-state index contributed by atoms with van der Waals surface area (Å²) in [5.41, 5.74) is 5.11. The Morgan fingerprint density at radius 2 is 1.75 bits per heavy atom. The van der Waals surface area contributed by atoms with Gasteiger partial charge in [-0.15, -0.1) is 0 Å². The van der Waals surface area contributed by atoms with Crippen molar-refractivity contribution in [3.63, 3.8) is 0 Å². The number of aryl methyl sites for hydroxylation is 1. The second-order valence-corrected chi connectivity index (χ2v) is 18.5. The number of fused-ring (bicyclic) bond motifs is 6. The third kappa shape index (κ3) is 7.97. The van der Waals surface area contributed by atoms with Crippen molar-refractivity contribution < 1.29 is 56.5 Å². The van der Waals surface area contributed by atoms with Gasteiger partial charge in [-0.1, -0.05) is 27.7 Å². The Morgan fingerprint density at radius 1 is 1.00 bits per heavy atom. The molecule has 0 unspecified atom stereocenters. The number of phenolic OH excluding ortho intramolecular Hbond substituents is 1. The molecule has 9 rings (SSSR count). The molecule has 5 aromatic rings. The predicted molar refractivity (Wildman–Crippen MR) is 237 cm³/mol. The molecule has 2 amide bonds. The fraction of sp³-hybridized carbons (Fsp3) is 0.417. The highest BCUT2D eigenvalue weighted by atomic mass is 19.4. The van der Waals surface area contributed by atoms with Crippen LogP contribution in [0.1, 0.15) is 121 Å². The van der Waals surface area contributed by atoms with Gasteiger partial charge in [0.25, 0.3) is 11.5 Å². The number of nitrogens with two attached hydrogens (primary N) is 1. The molecule has 17 nitrogen and oxygen atoms in total. The second-order valence-electron chi connectivity index (χ2n) is 18.5. The Balaban J connectivity index is 0.853. The van der Waals surface area contributed by atoms with E-state index in [0.717, 1.165) is 21.2 Å². The van der Waals surface area contributed by atoms with Gasteiger partial charge in [-0.25, -0.2) is 19.3 Å². The number of amides is 2. The number of ketones is 1.